The second-order valence-corrected chi connectivity index (χ2v) is 4.53. The highest BCUT2D eigenvalue weighted by Gasteiger charge is 2.19. The second kappa shape index (κ2) is 4.96. The Hall–Kier alpha value is -1.58. The molecule has 0 aliphatic heterocycles. The summed E-state index contributed by atoms with van der Waals surface area (Å²) in [6.07, 6.45) is 3.38. The van der Waals surface area contributed by atoms with E-state index in [2.05, 4.69) is 17.2 Å². The van der Waals surface area contributed by atoms with E-state index in [1.807, 2.05) is 13.8 Å². The van der Waals surface area contributed by atoms with Crippen molar-refractivity contribution in [2.45, 2.75) is 39.2 Å². The van der Waals surface area contributed by atoms with Crippen molar-refractivity contribution < 1.29 is 4.79 Å². The van der Waals surface area contributed by atoms with Gasteiger partial charge in [-0.15, -0.1) is 0 Å². The fraction of sp³-hybridized carbons (Fsp3) is 0.500. The maximum atomic E-state index is 11.8. The summed E-state index contributed by atoms with van der Waals surface area (Å²) in [6, 6.07) is 2.90. The van der Waals surface area contributed by atoms with Gasteiger partial charge in [0, 0.05) is 23.4 Å². The molecular weight excluding hydrogens is 204 g/mol. The van der Waals surface area contributed by atoms with Crippen LogP contribution in [0.3, 0.4) is 0 Å². The summed E-state index contributed by atoms with van der Waals surface area (Å²) >= 11 is 0. The van der Waals surface area contributed by atoms with Crippen molar-refractivity contribution in [1.82, 2.24) is 10.3 Å². The van der Waals surface area contributed by atoms with E-state index >= 15 is 0 Å². The van der Waals surface area contributed by atoms with E-state index in [-0.39, 0.29) is 17.0 Å². The van der Waals surface area contributed by atoms with Gasteiger partial charge in [0.15, 0.2) is 0 Å². The van der Waals surface area contributed by atoms with Gasteiger partial charge < -0.3 is 10.3 Å². The number of aromatic amines is 1. The first-order valence-corrected chi connectivity index (χ1v) is 5.46. The third kappa shape index (κ3) is 3.53. The van der Waals surface area contributed by atoms with Gasteiger partial charge >= 0.3 is 0 Å². The number of nitrogens with one attached hydrogen (secondary N) is 2. The SMILES string of the molecule is CCCC(C)(C)NC(=O)c1cc[nH]c(=O)c1. The van der Waals surface area contributed by atoms with Gasteiger partial charge in [0.05, 0.1) is 0 Å². The number of H-pyrrole nitrogens is 1. The van der Waals surface area contributed by atoms with Gasteiger partial charge in [0.1, 0.15) is 0 Å². The molecule has 1 rings (SSSR count). The Bertz CT molecular complexity index is 421. The van der Waals surface area contributed by atoms with Crippen LogP contribution in [0.1, 0.15) is 44.0 Å². The minimum atomic E-state index is -0.263. The summed E-state index contributed by atoms with van der Waals surface area (Å²) in [6.45, 7) is 6.02. The molecule has 1 aromatic rings. The van der Waals surface area contributed by atoms with Gasteiger partial charge in [-0.05, 0) is 26.3 Å². The molecule has 0 aliphatic carbocycles. The number of hydrogen-bond acceptors (Lipinski definition) is 2. The number of amides is 1. The zero-order valence-corrected chi connectivity index (χ0v) is 9.96. The van der Waals surface area contributed by atoms with Crippen molar-refractivity contribution in [3.05, 3.63) is 34.2 Å². The normalized spacial score (nSPS) is 11.2. The van der Waals surface area contributed by atoms with Crippen molar-refractivity contribution in [1.29, 1.82) is 0 Å². The number of pyridine rings is 1. The Kier molecular flexibility index (Phi) is 3.88. The van der Waals surface area contributed by atoms with E-state index in [0.29, 0.717) is 5.56 Å². The lowest BCUT2D eigenvalue weighted by molar-refractivity contribution is 0.0909. The number of aromatic nitrogens is 1. The van der Waals surface area contributed by atoms with E-state index in [0.717, 1.165) is 12.8 Å². The molecule has 0 bridgehead atoms. The molecule has 2 N–H and O–H groups in total. The lowest BCUT2D eigenvalue weighted by Gasteiger charge is -2.25. The van der Waals surface area contributed by atoms with Crippen LogP contribution in [0.5, 0.6) is 0 Å². The molecule has 1 amide bonds. The average molecular weight is 222 g/mol. The first kappa shape index (κ1) is 12.5. The van der Waals surface area contributed by atoms with Crippen LogP contribution < -0.4 is 10.9 Å². The first-order valence-electron chi connectivity index (χ1n) is 5.46. The molecular formula is C12H18N2O2. The molecule has 88 valence electrons. The fourth-order valence-corrected chi connectivity index (χ4v) is 1.65. The lowest BCUT2D eigenvalue weighted by atomic mass is 9.98. The van der Waals surface area contributed by atoms with Crippen LogP contribution in [-0.4, -0.2) is 16.4 Å². The summed E-state index contributed by atoms with van der Waals surface area (Å²) in [5.74, 6) is -0.204. The zero-order valence-electron chi connectivity index (χ0n) is 9.96. The van der Waals surface area contributed by atoms with E-state index in [1.54, 1.807) is 6.07 Å². The molecule has 0 fully saturated rings. The van der Waals surface area contributed by atoms with Crippen molar-refractivity contribution in [2.24, 2.45) is 0 Å². The molecule has 1 aromatic heterocycles. The third-order valence-electron chi connectivity index (χ3n) is 2.36. The minimum absolute atomic E-state index is 0.204. The van der Waals surface area contributed by atoms with Crippen molar-refractivity contribution in [2.75, 3.05) is 0 Å². The van der Waals surface area contributed by atoms with Crippen molar-refractivity contribution in [3.63, 3.8) is 0 Å². The van der Waals surface area contributed by atoms with Crippen molar-refractivity contribution >= 4 is 5.91 Å². The van der Waals surface area contributed by atoms with Gasteiger partial charge in [-0.2, -0.15) is 0 Å². The van der Waals surface area contributed by atoms with Crippen LogP contribution in [0.2, 0.25) is 0 Å². The summed E-state index contributed by atoms with van der Waals surface area (Å²) in [5.41, 5.74) is -0.108. The van der Waals surface area contributed by atoms with Gasteiger partial charge in [-0.3, -0.25) is 9.59 Å². The summed E-state index contributed by atoms with van der Waals surface area (Å²) in [4.78, 5) is 25.4. The van der Waals surface area contributed by atoms with Crippen LogP contribution in [0.15, 0.2) is 23.1 Å². The smallest absolute Gasteiger partial charge is 0.251 e. The highest BCUT2D eigenvalue weighted by Crippen LogP contribution is 2.11. The van der Waals surface area contributed by atoms with E-state index in [1.165, 1.54) is 12.3 Å². The summed E-state index contributed by atoms with van der Waals surface area (Å²) in [7, 11) is 0. The predicted molar refractivity (Wildman–Crippen MR) is 63.5 cm³/mol. The number of rotatable bonds is 4. The number of hydrogen-bond donors (Lipinski definition) is 2. The Labute approximate surface area is 95.1 Å². The van der Waals surface area contributed by atoms with Crippen LogP contribution in [0.25, 0.3) is 0 Å². The topological polar surface area (TPSA) is 62.0 Å². The maximum Gasteiger partial charge on any atom is 0.251 e. The summed E-state index contributed by atoms with van der Waals surface area (Å²) in [5, 5.41) is 2.91. The molecule has 0 atom stereocenters. The van der Waals surface area contributed by atoms with Crippen molar-refractivity contribution in [3.8, 4) is 0 Å². The standard InChI is InChI=1S/C12H18N2O2/c1-4-6-12(2,3)14-11(16)9-5-7-13-10(15)8-9/h5,7-8H,4,6H2,1-3H3,(H,13,15)(H,14,16). The Morgan fingerprint density at radius 3 is 2.75 bits per heavy atom. The van der Waals surface area contributed by atoms with Crippen LogP contribution in [0, 0.1) is 0 Å². The number of carbonyl (C=O) groups is 1. The summed E-state index contributed by atoms with van der Waals surface area (Å²) < 4.78 is 0. The van der Waals surface area contributed by atoms with Crippen LogP contribution in [0.4, 0.5) is 0 Å². The Morgan fingerprint density at radius 2 is 2.19 bits per heavy atom. The Morgan fingerprint density at radius 1 is 1.50 bits per heavy atom. The van der Waals surface area contributed by atoms with E-state index in [4.69, 9.17) is 0 Å². The third-order valence-corrected chi connectivity index (χ3v) is 2.36. The molecule has 0 saturated heterocycles. The van der Waals surface area contributed by atoms with Gasteiger partial charge in [0.2, 0.25) is 5.56 Å². The molecule has 0 unspecified atom stereocenters. The van der Waals surface area contributed by atoms with Gasteiger partial charge in [0.25, 0.3) is 5.91 Å². The first-order chi connectivity index (χ1) is 7.44. The van der Waals surface area contributed by atoms with Gasteiger partial charge in [-0.25, -0.2) is 0 Å². The molecule has 1 heterocycles. The largest absolute Gasteiger partial charge is 0.347 e. The molecule has 0 aromatic carbocycles. The van der Waals surface area contributed by atoms with Crippen LogP contribution >= 0.6 is 0 Å². The number of carbonyl (C=O) groups excluding carboxylic acids is 1. The molecule has 0 saturated carbocycles. The highest BCUT2D eigenvalue weighted by atomic mass is 16.2. The zero-order chi connectivity index (χ0) is 12.2. The Balaban J connectivity index is 2.76. The van der Waals surface area contributed by atoms with Gasteiger partial charge in [-0.1, -0.05) is 13.3 Å². The maximum absolute atomic E-state index is 11.8. The van der Waals surface area contributed by atoms with Crippen LogP contribution in [-0.2, 0) is 0 Å². The molecule has 4 nitrogen and oxygen atoms in total. The fourth-order valence-electron chi connectivity index (χ4n) is 1.65. The molecule has 0 aliphatic rings. The molecule has 16 heavy (non-hydrogen) atoms. The second-order valence-electron chi connectivity index (χ2n) is 4.53. The van der Waals surface area contributed by atoms with E-state index < -0.39 is 0 Å². The minimum Gasteiger partial charge on any atom is -0.347 e. The average Bonchev–Trinajstić information content (AvgIpc) is 2.16. The predicted octanol–water partition coefficient (Wildman–Crippen LogP) is 1.68. The molecule has 0 spiro atoms. The molecule has 0 radical (unpaired) electrons. The quantitative estimate of drug-likeness (QED) is 0.814. The monoisotopic (exact) mass is 222 g/mol. The highest BCUT2D eigenvalue weighted by molar-refractivity contribution is 5.94. The lowest BCUT2D eigenvalue weighted by Crippen LogP contribution is -2.43. The molecule has 4 heteroatoms. The van der Waals surface area contributed by atoms with E-state index in [9.17, 15) is 9.59 Å².